The Bertz CT molecular complexity index is 698. The van der Waals surface area contributed by atoms with Gasteiger partial charge in [-0.1, -0.05) is 6.42 Å². The van der Waals surface area contributed by atoms with Crippen LogP contribution >= 0.6 is 0 Å². The van der Waals surface area contributed by atoms with E-state index in [0.29, 0.717) is 12.3 Å². The molecule has 2 N–H and O–H groups in total. The van der Waals surface area contributed by atoms with Crippen LogP contribution in [0.25, 0.3) is 0 Å². The first-order valence-corrected chi connectivity index (χ1v) is 11.4. The summed E-state index contributed by atoms with van der Waals surface area (Å²) in [6.45, 7) is 11.8. The lowest BCUT2D eigenvalue weighted by atomic mass is 9.93. The van der Waals surface area contributed by atoms with Crippen LogP contribution in [0.1, 0.15) is 72.3 Å². The standard InChI is InChI=1S/C23H38N4O2/c1-17-18(2)22(25-19(17)3)23(29)27-14-8-20(9-15-27)16-21(28)24-10-7-13-26-11-5-4-6-12-26/h20,25H,4-16H2,1-3H3,(H,24,28). The number of hydrogen-bond acceptors (Lipinski definition) is 3. The smallest absolute Gasteiger partial charge is 0.270 e. The van der Waals surface area contributed by atoms with Gasteiger partial charge in [-0.2, -0.15) is 0 Å². The van der Waals surface area contributed by atoms with Crippen LogP contribution in [0.3, 0.4) is 0 Å². The van der Waals surface area contributed by atoms with Gasteiger partial charge < -0.3 is 20.1 Å². The van der Waals surface area contributed by atoms with Gasteiger partial charge in [-0.05, 0) is 89.6 Å². The van der Waals surface area contributed by atoms with Crippen molar-refractivity contribution < 1.29 is 9.59 Å². The van der Waals surface area contributed by atoms with Crippen LogP contribution in [0.15, 0.2) is 0 Å². The van der Waals surface area contributed by atoms with Crippen molar-refractivity contribution in [3.8, 4) is 0 Å². The zero-order chi connectivity index (χ0) is 20.8. The van der Waals surface area contributed by atoms with E-state index in [4.69, 9.17) is 0 Å². The number of nitrogens with one attached hydrogen (secondary N) is 2. The molecule has 29 heavy (non-hydrogen) atoms. The van der Waals surface area contributed by atoms with E-state index in [9.17, 15) is 9.59 Å². The van der Waals surface area contributed by atoms with E-state index in [2.05, 4.69) is 22.1 Å². The molecule has 0 bridgehead atoms. The largest absolute Gasteiger partial charge is 0.356 e. The topological polar surface area (TPSA) is 68.4 Å². The van der Waals surface area contributed by atoms with Crippen LogP contribution < -0.4 is 5.32 Å². The van der Waals surface area contributed by atoms with E-state index in [0.717, 1.165) is 62.4 Å². The van der Waals surface area contributed by atoms with Crippen molar-refractivity contribution in [2.24, 2.45) is 5.92 Å². The number of aryl methyl sites for hydroxylation is 1. The molecule has 2 saturated heterocycles. The number of aromatic nitrogens is 1. The van der Waals surface area contributed by atoms with Crippen LogP contribution in [-0.2, 0) is 4.79 Å². The fourth-order valence-corrected chi connectivity index (χ4v) is 4.60. The zero-order valence-electron chi connectivity index (χ0n) is 18.5. The van der Waals surface area contributed by atoms with E-state index in [1.54, 1.807) is 0 Å². The highest BCUT2D eigenvalue weighted by atomic mass is 16.2. The van der Waals surface area contributed by atoms with Crippen molar-refractivity contribution in [1.29, 1.82) is 0 Å². The fraction of sp³-hybridized carbons (Fsp3) is 0.739. The average molecular weight is 403 g/mol. The van der Waals surface area contributed by atoms with Crippen molar-refractivity contribution in [3.05, 3.63) is 22.5 Å². The quantitative estimate of drug-likeness (QED) is 0.689. The van der Waals surface area contributed by atoms with Crippen molar-refractivity contribution in [3.63, 3.8) is 0 Å². The summed E-state index contributed by atoms with van der Waals surface area (Å²) in [7, 11) is 0. The van der Waals surface area contributed by atoms with Crippen LogP contribution in [0.5, 0.6) is 0 Å². The molecule has 2 aliphatic heterocycles. The molecule has 162 valence electrons. The van der Waals surface area contributed by atoms with Crippen molar-refractivity contribution in [2.75, 3.05) is 39.3 Å². The van der Waals surface area contributed by atoms with E-state index in [1.807, 2.05) is 18.7 Å². The summed E-state index contributed by atoms with van der Waals surface area (Å²) >= 11 is 0. The fourth-order valence-electron chi connectivity index (χ4n) is 4.60. The minimum atomic E-state index is 0.0966. The van der Waals surface area contributed by atoms with E-state index < -0.39 is 0 Å². The number of hydrogen-bond donors (Lipinski definition) is 2. The molecule has 6 nitrogen and oxygen atoms in total. The molecule has 0 aromatic carbocycles. The summed E-state index contributed by atoms with van der Waals surface area (Å²) < 4.78 is 0. The van der Waals surface area contributed by atoms with Crippen LogP contribution in [0.4, 0.5) is 0 Å². The number of likely N-dealkylation sites (tertiary alicyclic amines) is 2. The highest BCUT2D eigenvalue weighted by Crippen LogP contribution is 2.24. The Morgan fingerprint density at radius 3 is 2.31 bits per heavy atom. The predicted molar refractivity (Wildman–Crippen MR) is 116 cm³/mol. The lowest BCUT2D eigenvalue weighted by Crippen LogP contribution is -2.40. The molecule has 2 fully saturated rings. The normalized spacial score (nSPS) is 18.8. The molecule has 3 rings (SSSR count). The molecule has 0 unspecified atom stereocenters. The summed E-state index contributed by atoms with van der Waals surface area (Å²) in [4.78, 5) is 32.8. The molecule has 2 amide bonds. The van der Waals surface area contributed by atoms with Gasteiger partial charge in [0.05, 0.1) is 0 Å². The van der Waals surface area contributed by atoms with Gasteiger partial charge in [0.25, 0.3) is 5.91 Å². The number of carbonyl (C=O) groups excluding carboxylic acids is 2. The van der Waals surface area contributed by atoms with Crippen LogP contribution in [-0.4, -0.2) is 65.9 Å². The molecule has 3 heterocycles. The highest BCUT2D eigenvalue weighted by molar-refractivity contribution is 5.94. The first kappa shape index (κ1) is 21.9. The summed E-state index contributed by atoms with van der Waals surface area (Å²) in [5.41, 5.74) is 4.02. The lowest BCUT2D eigenvalue weighted by Gasteiger charge is -2.31. The van der Waals surface area contributed by atoms with Crippen molar-refractivity contribution in [1.82, 2.24) is 20.1 Å². The summed E-state index contributed by atoms with van der Waals surface area (Å²) in [6.07, 6.45) is 7.43. The second-order valence-corrected chi connectivity index (χ2v) is 8.92. The van der Waals surface area contributed by atoms with E-state index in [1.165, 1.54) is 37.9 Å². The minimum absolute atomic E-state index is 0.0966. The molecule has 0 spiro atoms. The maximum atomic E-state index is 12.8. The molecular formula is C23H38N4O2. The van der Waals surface area contributed by atoms with Gasteiger partial charge in [-0.25, -0.2) is 0 Å². The van der Waals surface area contributed by atoms with Gasteiger partial charge >= 0.3 is 0 Å². The van der Waals surface area contributed by atoms with Gasteiger partial charge in [0.1, 0.15) is 5.69 Å². The predicted octanol–water partition coefficient (Wildman–Crippen LogP) is 3.17. The van der Waals surface area contributed by atoms with Gasteiger partial charge in [0, 0.05) is 31.7 Å². The average Bonchev–Trinajstić information content (AvgIpc) is 2.99. The first-order valence-electron chi connectivity index (χ1n) is 11.4. The zero-order valence-corrected chi connectivity index (χ0v) is 18.5. The van der Waals surface area contributed by atoms with Crippen molar-refractivity contribution in [2.45, 2.75) is 65.7 Å². The molecule has 0 aliphatic carbocycles. The lowest BCUT2D eigenvalue weighted by molar-refractivity contribution is -0.122. The second kappa shape index (κ2) is 10.3. The Labute approximate surface area is 175 Å². The number of rotatable bonds is 7. The Kier molecular flexibility index (Phi) is 7.76. The third-order valence-corrected chi connectivity index (χ3v) is 6.82. The number of aromatic amines is 1. The highest BCUT2D eigenvalue weighted by Gasteiger charge is 2.27. The van der Waals surface area contributed by atoms with Gasteiger partial charge in [-0.3, -0.25) is 9.59 Å². The summed E-state index contributed by atoms with van der Waals surface area (Å²) in [6, 6.07) is 0. The molecule has 1 aromatic rings. The van der Waals surface area contributed by atoms with Gasteiger partial charge in [-0.15, -0.1) is 0 Å². The van der Waals surface area contributed by atoms with Crippen molar-refractivity contribution >= 4 is 11.8 Å². The van der Waals surface area contributed by atoms with E-state index >= 15 is 0 Å². The molecule has 6 heteroatoms. The summed E-state index contributed by atoms with van der Waals surface area (Å²) in [5.74, 6) is 0.647. The number of H-pyrrole nitrogens is 1. The number of amides is 2. The molecule has 1 aromatic heterocycles. The maximum absolute atomic E-state index is 12.8. The third-order valence-electron chi connectivity index (χ3n) is 6.82. The Balaban J connectivity index is 1.34. The minimum Gasteiger partial charge on any atom is -0.356 e. The maximum Gasteiger partial charge on any atom is 0.270 e. The van der Waals surface area contributed by atoms with Gasteiger partial charge in [0.2, 0.25) is 5.91 Å². The molecule has 0 atom stereocenters. The van der Waals surface area contributed by atoms with Gasteiger partial charge in [0.15, 0.2) is 0 Å². The Morgan fingerprint density at radius 1 is 1.00 bits per heavy atom. The molecule has 0 saturated carbocycles. The number of nitrogens with zero attached hydrogens (tertiary/aromatic N) is 2. The molecular weight excluding hydrogens is 364 g/mol. The van der Waals surface area contributed by atoms with E-state index in [-0.39, 0.29) is 11.8 Å². The summed E-state index contributed by atoms with van der Waals surface area (Å²) in [5, 5.41) is 3.09. The molecule has 2 aliphatic rings. The second-order valence-electron chi connectivity index (χ2n) is 8.92. The Hall–Kier alpha value is -1.82. The van der Waals surface area contributed by atoms with Crippen LogP contribution in [0, 0.1) is 26.7 Å². The van der Waals surface area contributed by atoms with Crippen LogP contribution in [0.2, 0.25) is 0 Å². The number of carbonyl (C=O) groups is 2. The SMILES string of the molecule is Cc1[nH]c(C(=O)N2CCC(CC(=O)NCCCN3CCCCC3)CC2)c(C)c1C. The monoisotopic (exact) mass is 402 g/mol. The molecule has 0 radical (unpaired) electrons. The number of piperidine rings is 2. The third kappa shape index (κ3) is 5.84. The Morgan fingerprint density at radius 2 is 1.69 bits per heavy atom. The first-order chi connectivity index (χ1) is 14.0.